The van der Waals surface area contributed by atoms with Crippen molar-refractivity contribution in [2.75, 3.05) is 39.4 Å². The second-order valence-corrected chi connectivity index (χ2v) is 11.2. The Hall–Kier alpha value is -1.64. The van der Waals surface area contributed by atoms with E-state index in [1.54, 1.807) is 18.2 Å². The van der Waals surface area contributed by atoms with Crippen molar-refractivity contribution in [1.82, 2.24) is 9.21 Å². The normalized spacial score (nSPS) is 19.8. The fraction of sp³-hybridized carbons (Fsp3) is 0.520. The lowest BCUT2D eigenvalue weighted by molar-refractivity contribution is 0.0926. The summed E-state index contributed by atoms with van der Waals surface area (Å²) in [6.45, 7) is 5.18. The second kappa shape index (κ2) is 11.7. The van der Waals surface area contributed by atoms with Crippen molar-refractivity contribution >= 4 is 21.6 Å². The van der Waals surface area contributed by atoms with Crippen LogP contribution in [0, 0.1) is 0 Å². The Morgan fingerprint density at radius 3 is 2.55 bits per heavy atom. The first-order valence-corrected chi connectivity index (χ1v) is 13.6. The van der Waals surface area contributed by atoms with E-state index in [0.717, 1.165) is 43.8 Å². The molecule has 2 fully saturated rings. The van der Waals surface area contributed by atoms with Crippen LogP contribution in [0.3, 0.4) is 0 Å². The van der Waals surface area contributed by atoms with Gasteiger partial charge in [0.2, 0.25) is 10.0 Å². The number of piperidine rings is 1. The molecular weight excluding hydrogens is 460 g/mol. The van der Waals surface area contributed by atoms with Gasteiger partial charge in [-0.05, 0) is 74.7 Å². The van der Waals surface area contributed by atoms with Gasteiger partial charge in [-0.2, -0.15) is 4.31 Å². The topological polar surface area (TPSA) is 59.1 Å². The monoisotopic (exact) mass is 492 g/mol. The number of hydrogen-bond donors (Lipinski definition) is 0. The van der Waals surface area contributed by atoms with Gasteiger partial charge in [0.05, 0.1) is 11.0 Å². The van der Waals surface area contributed by atoms with Crippen LogP contribution in [-0.4, -0.2) is 63.1 Å². The Balaban J connectivity index is 1.41. The molecule has 0 bridgehead atoms. The number of likely N-dealkylation sites (tertiary alicyclic amines) is 1. The zero-order chi connectivity index (χ0) is 23.1. The molecule has 2 aliphatic heterocycles. The SMILES string of the molecule is O=S(=O)(c1cccc(Cl)c1)N(Cc1ccc(OCCN2CCCCC2)cc1)C[C@H]1CCCO1. The lowest BCUT2D eigenvalue weighted by Crippen LogP contribution is -2.37. The van der Waals surface area contributed by atoms with E-state index in [2.05, 4.69) is 4.90 Å². The van der Waals surface area contributed by atoms with Crippen LogP contribution in [0.15, 0.2) is 53.4 Å². The lowest BCUT2D eigenvalue weighted by atomic mass is 10.1. The summed E-state index contributed by atoms with van der Waals surface area (Å²) in [5.74, 6) is 0.805. The Kier molecular flexibility index (Phi) is 8.66. The van der Waals surface area contributed by atoms with Crippen molar-refractivity contribution in [3.8, 4) is 5.75 Å². The molecule has 2 aromatic rings. The molecule has 2 heterocycles. The zero-order valence-electron chi connectivity index (χ0n) is 19.0. The van der Waals surface area contributed by atoms with Crippen molar-refractivity contribution in [2.45, 2.75) is 49.6 Å². The van der Waals surface area contributed by atoms with Crippen molar-refractivity contribution in [1.29, 1.82) is 0 Å². The quantitative estimate of drug-likeness (QED) is 0.486. The van der Waals surface area contributed by atoms with Gasteiger partial charge in [-0.25, -0.2) is 8.42 Å². The molecule has 4 rings (SSSR count). The summed E-state index contributed by atoms with van der Waals surface area (Å²) in [5, 5.41) is 0.402. The maximum Gasteiger partial charge on any atom is 0.243 e. The largest absolute Gasteiger partial charge is 0.492 e. The third-order valence-electron chi connectivity index (χ3n) is 6.27. The maximum absolute atomic E-state index is 13.4. The summed E-state index contributed by atoms with van der Waals surface area (Å²) in [4.78, 5) is 2.65. The molecule has 0 aliphatic carbocycles. The summed E-state index contributed by atoms with van der Waals surface area (Å²) in [6.07, 6.45) is 5.61. The third-order valence-corrected chi connectivity index (χ3v) is 8.32. The van der Waals surface area contributed by atoms with E-state index in [1.165, 1.54) is 29.6 Å². The Morgan fingerprint density at radius 1 is 1.06 bits per heavy atom. The van der Waals surface area contributed by atoms with Crippen molar-refractivity contribution in [3.05, 3.63) is 59.1 Å². The van der Waals surface area contributed by atoms with Gasteiger partial charge in [0.25, 0.3) is 0 Å². The van der Waals surface area contributed by atoms with Crippen LogP contribution in [0.2, 0.25) is 5.02 Å². The predicted octanol–water partition coefficient (Wildman–Crippen LogP) is 4.57. The molecule has 8 heteroatoms. The number of nitrogens with zero attached hydrogens (tertiary/aromatic N) is 2. The number of ether oxygens (including phenoxy) is 2. The van der Waals surface area contributed by atoms with E-state index in [1.807, 2.05) is 24.3 Å². The smallest absolute Gasteiger partial charge is 0.243 e. The van der Waals surface area contributed by atoms with Crippen molar-refractivity contribution < 1.29 is 17.9 Å². The molecular formula is C25H33ClN2O4S. The van der Waals surface area contributed by atoms with Crippen LogP contribution < -0.4 is 4.74 Å². The fourth-order valence-electron chi connectivity index (χ4n) is 4.41. The molecule has 1 atom stereocenters. The van der Waals surface area contributed by atoms with Gasteiger partial charge in [-0.1, -0.05) is 36.2 Å². The minimum absolute atomic E-state index is 0.0867. The van der Waals surface area contributed by atoms with Crippen molar-refractivity contribution in [3.63, 3.8) is 0 Å². The molecule has 0 saturated carbocycles. The molecule has 2 aliphatic rings. The lowest BCUT2D eigenvalue weighted by Gasteiger charge is -2.26. The molecule has 0 radical (unpaired) electrons. The first-order chi connectivity index (χ1) is 16.0. The molecule has 6 nitrogen and oxygen atoms in total. The summed E-state index contributed by atoms with van der Waals surface area (Å²) in [5.41, 5.74) is 0.905. The Morgan fingerprint density at radius 2 is 1.85 bits per heavy atom. The van der Waals surface area contributed by atoms with Gasteiger partial charge in [0, 0.05) is 31.3 Å². The molecule has 2 saturated heterocycles. The minimum atomic E-state index is -3.71. The average molecular weight is 493 g/mol. The molecule has 2 aromatic carbocycles. The van der Waals surface area contributed by atoms with E-state index in [9.17, 15) is 8.42 Å². The third kappa shape index (κ3) is 6.93. The number of halogens is 1. The van der Waals surface area contributed by atoms with E-state index in [4.69, 9.17) is 21.1 Å². The van der Waals surface area contributed by atoms with E-state index < -0.39 is 10.0 Å². The Bertz CT molecular complexity index is 988. The van der Waals surface area contributed by atoms with E-state index in [-0.39, 0.29) is 17.5 Å². The first kappa shape index (κ1) is 24.5. The van der Waals surface area contributed by atoms with Crippen LogP contribution >= 0.6 is 11.6 Å². The van der Waals surface area contributed by atoms with Gasteiger partial charge in [-0.3, -0.25) is 4.90 Å². The number of hydrogen-bond acceptors (Lipinski definition) is 5. The number of benzene rings is 2. The van der Waals surface area contributed by atoms with Crippen LogP contribution in [0.25, 0.3) is 0 Å². The van der Waals surface area contributed by atoms with Crippen molar-refractivity contribution in [2.24, 2.45) is 0 Å². The summed E-state index contributed by atoms with van der Waals surface area (Å²) >= 11 is 6.07. The highest BCUT2D eigenvalue weighted by atomic mass is 35.5. The average Bonchev–Trinajstić information content (AvgIpc) is 3.34. The van der Waals surface area contributed by atoms with Crippen LogP contribution in [-0.2, 0) is 21.3 Å². The van der Waals surface area contributed by atoms with E-state index in [0.29, 0.717) is 24.8 Å². The molecule has 33 heavy (non-hydrogen) atoms. The highest BCUT2D eigenvalue weighted by Gasteiger charge is 2.29. The molecule has 0 N–H and O–H groups in total. The maximum atomic E-state index is 13.4. The van der Waals surface area contributed by atoms with Gasteiger partial charge < -0.3 is 9.47 Å². The van der Waals surface area contributed by atoms with Gasteiger partial charge >= 0.3 is 0 Å². The molecule has 0 unspecified atom stereocenters. The first-order valence-electron chi connectivity index (χ1n) is 11.8. The molecule has 0 spiro atoms. The second-order valence-electron chi connectivity index (χ2n) is 8.78. The highest BCUT2D eigenvalue weighted by Crippen LogP contribution is 2.25. The molecule has 0 amide bonds. The highest BCUT2D eigenvalue weighted by molar-refractivity contribution is 7.89. The number of rotatable bonds is 10. The summed E-state index contributed by atoms with van der Waals surface area (Å²) < 4.78 is 40.0. The fourth-order valence-corrected chi connectivity index (χ4v) is 6.17. The minimum Gasteiger partial charge on any atom is -0.492 e. The number of sulfonamides is 1. The zero-order valence-corrected chi connectivity index (χ0v) is 20.6. The van der Waals surface area contributed by atoms with Gasteiger partial charge in [0.15, 0.2) is 0 Å². The van der Waals surface area contributed by atoms with Crippen LogP contribution in [0.4, 0.5) is 0 Å². The van der Waals surface area contributed by atoms with Crippen LogP contribution in [0.5, 0.6) is 5.75 Å². The van der Waals surface area contributed by atoms with Gasteiger partial charge in [-0.15, -0.1) is 0 Å². The predicted molar refractivity (Wildman–Crippen MR) is 130 cm³/mol. The Labute approximate surface area is 202 Å². The summed E-state index contributed by atoms with van der Waals surface area (Å²) in [7, 11) is -3.71. The van der Waals surface area contributed by atoms with Gasteiger partial charge in [0.1, 0.15) is 12.4 Å². The molecule has 0 aromatic heterocycles. The van der Waals surface area contributed by atoms with Crippen LogP contribution in [0.1, 0.15) is 37.7 Å². The summed E-state index contributed by atoms with van der Waals surface area (Å²) in [6, 6.07) is 14.1. The molecule has 180 valence electrons. The van der Waals surface area contributed by atoms with E-state index >= 15 is 0 Å². The standard InChI is InChI=1S/C25H33ClN2O4S/c26-22-6-4-8-25(18-22)33(29,30)28(20-24-7-5-16-31-24)19-21-9-11-23(12-10-21)32-17-15-27-13-2-1-3-14-27/h4,6,8-12,18,24H,1-3,5,7,13-17,19-20H2/t24-/m1/s1.